The van der Waals surface area contributed by atoms with Gasteiger partial charge >= 0.3 is 17.9 Å². The number of rotatable bonds is 5. The lowest BCUT2D eigenvalue weighted by atomic mass is 9.61. The average molecular weight is 734 g/mol. The van der Waals surface area contributed by atoms with Gasteiger partial charge in [0.25, 0.3) is 6.47 Å². The summed E-state index contributed by atoms with van der Waals surface area (Å²) in [7, 11) is 0. The lowest BCUT2D eigenvalue weighted by Crippen LogP contribution is -2.41. The summed E-state index contributed by atoms with van der Waals surface area (Å²) in [5.41, 5.74) is 1.75. The van der Waals surface area contributed by atoms with Crippen LogP contribution in [0.2, 0.25) is 0 Å². The van der Waals surface area contributed by atoms with Gasteiger partial charge in [-0.2, -0.15) is 0 Å². The zero-order valence-electron chi connectivity index (χ0n) is 30.2. The number of esters is 3. The standard InChI is InChI=1S/C39H43NO13/c1-25(42)51-27-5-7-30-33(19-27)38(3,4)34-20-28(52-26(2)43)6-8-31(34)39(30)32-22-36-35(21-29(32)37(44)53-39)40(23-49-24-41)9-10-45-11-12-46-13-14-47-15-16-48-17-18-50-36/h5-8,19-22,24H,9-18,23H2,1-4H3. The predicted molar refractivity (Wildman–Crippen MR) is 188 cm³/mol. The molecule has 3 aromatic rings. The Morgan fingerprint density at radius 3 is 1.77 bits per heavy atom. The number of benzene rings is 3. The van der Waals surface area contributed by atoms with Crippen LogP contribution >= 0.6 is 0 Å². The number of hydrogen-bond donors (Lipinski definition) is 0. The quantitative estimate of drug-likeness (QED) is 0.211. The first-order chi connectivity index (χ1) is 25.6. The molecule has 0 fully saturated rings. The second kappa shape index (κ2) is 16.3. The average Bonchev–Trinajstić information content (AvgIpc) is 3.40. The molecule has 0 saturated carbocycles. The van der Waals surface area contributed by atoms with E-state index in [9.17, 15) is 19.2 Å². The van der Waals surface area contributed by atoms with E-state index in [0.29, 0.717) is 85.7 Å². The molecule has 282 valence electrons. The molecule has 0 radical (unpaired) electrons. The van der Waals surface area contributed by atoms with Gasteiger partial charge in [-0.05, 0) is 47.5 Å². The maximum absolute atomic E-state index is 14.2. The van der Waals surface area contributed by atoms with E-state index in [1.54, 1.807) is 53.4 Å². The van der Waals surface area contributed by atoms with Gasteiger partial charge in [-0.15, -0.1) is 0 Å². The molecule has 2 heterocycles. The van der Waals surface area contributed by atoms with Crippen LogP contribution in [0, 0.1) is 0 Å². The maximum Gasteiger partial charge on any atom is 0.340 e. The minimum absolute atomic E-state index is 0.146. The van der Waals surface area contributed by atoms with Crippen molar-refractivity contribution in [1.29, 1.82) is 0 Å². The zero-order chi connectivity index (χ0) is 37.6. The third-order valence-electron chi connectivity index (χ3n) is 9.30. The topological polar surface area (TPSA) is 155 Å². The molecule has 14 heteroatoms. The molecule has 6 rings (SSSR count). The molecular formula is C39H43NO13. The van der Waals surface area contributed by atoms with Gasteiger partial charge in [-0.25, -0.2) is 4.79 Å². The molecule has 0 atom stereocenters. The molecule has 1 spiro atoms. The molecule has 3 aromatic carbocycles. The number of fused-ring (bicyclic) bond motifs is 7. The van der Waals surface area contributed by atoms with Gasteiger partial charge in [0.2, 0.25) is 0 Å². The fourth-order valence-electron chi connectivity index (χ4n) is 7.01. The number of hydrogen-bond acceptors (Lipinski definition) is 14. The maximum atomic E-state index is 14.2. The van der Waals surface area contributed by atoms with Gasteiger partial charge < -0.3 is 47.5 Å². The number of anilines is 1. The van der Waals surface area contributed by atoms with E-state index >= 15 is 0 Å². The minimum Gasteiger partial charge on any atom is -0.489 e. The molecule has 0 N–H and O–H groups in total. The summed E-state index contributed by atoms with van der Waals surface area (Å²) in [6.45, 7) is 10.0. The van der Waals surface area contributed by atoms with E-state index in [-0.39, 0.29) is 38.7 Å². The van der Waals surface area contributed by atoms with Crippen LogP contribution in [-0.2, 0) is 53.8 Å². The lowest BCUT2D eigenvalue weighted by Gasteiger charge is -2.44. The van der Waals surface area contributed by atoms with Crippen LogP contribution in [0.3, 0.4) is 0 Å². The molecule has 1 aliphatic carbocycles. The van der Waals surface area contributed by atoms with Crippen molar-refractivity contribution in [3.63, 3.8) is 0 Å². The summed E-state index contributed by atoms with van der Waals surface area (Å²) in [5.74, 6) is -0.558. The lowest BCUT2D eigenvalue weighted by molar-refractivity contribution is -0.132. The van der Waals surface area contributed by atoms with E-state index in [4.69, 9.17) is 42.6 Å². The van der Waals surface area contributed by atoms with E-state index in [0.717, 1.165) is 11.1 Å². The molecular weight excluding hydrogens is 690 g/mol. The highest BCUT2D eigenvalue weighted by Crippen LogP contribution is 2.58. The Morgan fingerprint density at radius 1 is 0.717 bits per heavy atom. The van der Waals surface area contributed by atoms with Crippen LogP contribution in [0.1, 0.15) is 65.9 Å². The second-order valence-corrected chi connectivity index (χ2v) is 13.1. The van der Waals surface area contributed by atoms with Crippen molar-refractivity contribution in [2.24, 2.45) is 0 Å². The fourth-order valence-corrected chi connectivity index (χ4v) is 7.01. The number of carbonyl (C=O) groups is 4. The smallest absolute Gasteiger partial charge is 0.340 e. The normalized spacial score (nSPS) is 18.4. The van der Waals surface area contributed by atoms with Crippen LogP contribution in [0.25, 0.3) is 0 Å². The van der Waals surface area contributed by atoms with Crippen molar-refractivity contribution in [1.82, 2.24) is 0 Å². The minimum atomic E-state index is -1.48. The SMILES string of the molecule is CC(=O)Oc1ccc2c(c1)C(C)(C)c1cc(OC(C)=O)ccc1C21OC(=O)c2cc3c(cc21)OCCOCCOCCOCCOCCN3COC=O. The number of nitrogens with zero attached hydrogens (tertiary/aromatic N) is 1. The molecule has 3 aliphatic rings. The Kier molecular flexibility index (Phi) is 11.6. The largest absolute Gasteiger partial charge is 0.489 e. The van der Waals surface area contributed by atoms with E-state index in [1.165, 1.54) is 13.8 Å². The summed E-state index contributed by atoms with van der Waals surface area (Å²) in [6.07, 6.45) is 0. The monoisotopic (exact) mass is 733 g/mol. The Bertz CT molecular complexity index is 1790. The molecule has 0 unspecified atom stereocenters. The van der Waals surface area contributed by atoms with E-state index in [2.05, 4.69) is 0 Å². The van der Waals surface area contributed by atoms with E-state index in [1.807, 2.05) is 13.8 Å². The van der Waals surface area contributed by atoms with Gasteiger partial charge in [0.05, 0.1) is 64.1 Å². The fraction of sp³-hybridized carbons (Fsp3) is 0.436. The molecule has 0 bridgehead atoms. The van der Waals surface area contributed by atoms with Crippen LogP contribution in [0.5, 0.6) is 17.2 Å². The van der Waals surface area contributed by atoms with Gasteiger partial charge in [0.15, 0.2) is 12.3 Å². The highest BCUT2D eigenvalue weighted by molar-refractivity contribution is 5.99. The van der Waals surface area contributed by atoms with Gasteiger partial charge in [0.1, 0.15) is 23.9 Å². The third kappa shape index (κ3) is 7.86. The third-order valence-corrected chi connectivity index (χ3v) is 9.30. The van der Waals surface area contributed by atoms with Crippen molar-refractivity contribution >= 4 is 30.1 Å². The van der Waals surface area contributed by atoms with Gasteiger partial charge in [-0.1, -0.05) is 26.0 Å². The predicted octanol–water partition coefficient (Wildman–Crippen LogP) is 4.03. The van der Waals surface area contributed by atoms with Crippen molar-refractivity contribution < 1.29 is 61.8 Å². The zero-order valence-corrected chi connectivity index (χ0v) is 30.2. The van der Waals surface area contributed by atoms with Crippen LogP contribution < -0.4 is 19.1 Å². The summed E-state index contributed by atoms with van der Waals surface area (Å²) >= 11 is 0. The van der Waals surface area contributed by atoms with Crippen LogP contribution in [0.4, 0.5) is 5.69 Å². The van der Waals surface area contributed by atoms with Gasteiger partial charge in [0, 0.05) is 42.5 Å². The van der Waals surface area contributed by atoms with E-state index < -0.39 is 28.9 Å². The Labute approximate surface area is 307 Å². The van der Waals surface area contributed by atoms with Crippen molar-refractivity contribution in [2.45, 2.75) is 38.7 Å². The second-order valence-electron chi connectivity index (χ2n) is 13.1. The molecule has 0 saturated heterocycles. The Balaban J connectivity index is 1.52. The molecule has 53 heavy (non-hydrogen) atoms. The first-order valence-electron chi connectivity index (χ1n) is 17.4. The Morgan fingerprint density at radius 2 is 1.25 bits per heavy atom. The Hall–Kier alpha value is -5.02. The summed E-state index contributed by atoms with van der Waals surface area (Å²) in [5, 5.41) is 0. The molecule has 0 amide bonds. The molecule has 2 aliphatic heterocycles. The molecule has 14 nitrogen and oxygen atoms in total. The highest BCUT2D eigenvalue weighted by Gasteiger charge is 2.56. The summed E-state index contributed by atoms with van der Waals surface area (Å²) < 4.78 is 51.8. The van der Waals surface area contributed by atoms with Gasteiger partial charge in [-0.3, -0.25) is 14.4 Å². The van der Waals surface area contributed by atoms with Crippen LogP contribution in [-0.4, -0.2) is 97.1 Å². The highest BCUT2D eigenvalue weighted by atomic mass is 16.6. The van der Waals surface area contributed by atoms with Crippen molar-refractivity contribution in [2.75, 3.05) is 77.6 Å². The first kappa shape index (κ1) is 37.7. The van der Waals surface area contributed by atoms with Crippen molar-refractivity contribution in [3.8, 4) is 17.2 Å². The molecule has 0 aromatic heterocycles. The number of carbonyl (C=O) groups excluding carboxylic acids is 4. The first-order valence-corrected chi connectivity index (χ1v) is 17.4. The number of ether oxygens (including phenoxy) is 9. The van der Waals surface area contributed by atoms with Crippen LogP contribution in [0.15, 0.2) is 48.5 Å². The van der Waals surface area contributed by atoms with Crippen molar-refractivity contribution in [3.05, 3.63) is 81.9 Å². The summed E-state index contributed by atoms with van der Waals surface area (Å²) in [4.78, 5) is 51.3. The summed E-state index contributed by atoms with van der Waals surface area (Å²) in [6, 6.07) is 13.9.